The monoisotopic (exact) mass is 282 g/mol. The summed E-state index contributed by atoms with van der Waals surface area (Å²) in [5.74, 6) is 0.809. The van der Waals surface area contributed by atoms with Gasteiger partial charge in [-0.3, -0.25) is 4.79 Å². The van der Waals surface area contributed by atoms with Crippen molar-refractivity contribution in [3.05, 3.63) is 29.3 Å². The molecule has 0 unspecified atom stereocenters. The highest BCUT2D eigenvalue weighted by Gasteiger charge is 2.07. The van der Waals surface area contributed by atoms with Crippen LogP contribution >= 0.6 is 23.4 Å². The van der Waals surface area contributed by atoms with Gasteiger partial charge in [0.15, 0.2) is 0 Å². The zero-order chi connectivity index (χ0) is 13.4. The lowest BCUT2D eigenvalue weighted by molar-refractivity contribution is -0.129. The van der Waals surface area contributed by atoms with Crippen molar-refractivity contribution in [1.82, 2.24) is 4.90 Å². The zero-order valence-corrected chi connectivity index (χ0v) is 11.8. The number of nitrogens with zero attached hydrogens (tertiary/aromatic N) is 2. The van der Waals surface area contributed by atoms with Crippen LogP contribution < -0.4 is 0 Å². The summed E-state index contributed by atoms with van der Waals surface area (Å²) >= 11 is 7.42. The number of hydrogen-bond acceptors (Lipinski definition) is 3. The standard InChI is InChI=1S/C13H15ClN2OS/c1-16(9-2-8-15)13(17)7-10-18-12-5-3-11(14)4-6-12/h3-6H,2,7,9-10H2,1H3. The van der Waals surface area contributed by atoms with Crippen LogP contribution in [0.4, 0.5) is 0 Å². The third kappa shape index (κ3) is 5.44. The van der Waals surface area contributed by atoms with Crippen LogP contribution in [0.1, 0.15) is 12.8 Å². The number of benzene rings is 1. The van der Waals surface area contributed by atoms with Gasteiger partial charge in [0.2, 0.25) is 5.91 Å². The molecular formula is C13H15ClN2OS. The minimum Gasteiger partial charge on any atom is -0.345 e. The van der Waals surface area contributed by atoms with E-state index in [0.29, 0.717) is 24.4 Å². The van der Waals surface area contributed by atoms with Crippen molar-refractivity contribution in [1.29, 1.82) is 5.26 Å². The zero-order valence-electron chi connectivity index (χ0n) is 10.2. The summed E-state index contributed by atoms with van der Waals surface area (Å²) in [5.41, 5.74) is 0. The number of rotatable bonds is 6. The Labute approximate surface area is 117 Å². The first kappa shape index (κ1) is 14.9. The Morgan fingerprint density at radius 1 is 1.44 bits per heavy atom. The van der Waals surface area contributed by atoms with Gasteiger partial charge >= 0.3 is 0 Å². The van der Waals surface area contributed by atoms with E-state index < -0.39 is 0 Å². The minimum absolute atomic E-state index is 0.0757. The smallest absolute Gasteiger partial charge is 0.223 e. The maximum absolute atomic E-state index is 11.7. The molecule has 0 radical (unpaired) electrons. The van der Waals surface area contributed by atoms with Gasteiger partial charge in [0.25, 0.3) is 0 Å². The fraction of sp³-hybridized carbons (Fsp3) is 0.385. The molecule has 96 valence electrons. The van der Waals surface area contributed by atoms with E-state index in [2.05, 4.69) is 0 Å². The topological polar surface area (TPSA) is 44.1 Å². The molecule has 3 nitrogen and oxygen atoms in total. The second kappa shape index (κ2) is 8.02. The summed E-state index contributed by atoms with van der Waals surface area (Å²) in [6.07, 6.45) is 0.863. The number of hydrogen-bond donors (Lipinski definition) is 0. The van der Waals surface area contributed by atoms with Crippen molar-refractivity contribution in [2.45, 2.75) is 17.7 Å². The lowest BCUT2D eigenvalue weighted by Crippen LogP contribution is -2.27. The predicted molar refractivity (Wildman–Crippen MR) is 74.7 cm³/mol. The van der Waals surface area contributed by atoms with E-state index in [1.54, 1.807) is 23.7 Å². The highest BCUT2D eigenvalue weighted by molar-refractivity contribution is 7.99. The Bertz CT molecular complexity index is 428. The Morgan fingerprint density at radius 3 is 2.72 bits per heavy atom. The van der Waals surface area contributed by atoms with Gasteiger partial charge in [-0.05, 0) is 24.3 Å². The largest absolute Gasteiger partial charge is 0.345 e. The molecule has 0 aliphatic rings. The van der Waals surface area contributed by atoms with Gasteiger partial charge in [-0.25, -0.2) is 0 Å². The normalized spacial score (nSPS) is 9.83. The molecule has 18 heavy (non-hydrogen) atoms. The van der Waals surface area contributed by atoms with Gasteiger partial charge in [0, 0.05) is 35.7 Å². The molecule has 1 amide bonds. The maximum Gasteiger partial charge on any atom is 0.223 e. The summed E-state index contributed by atoms with van der Waals surface area (Å²) in [6.45, 7) is 0.501. The third-order valence-corrected chi connectivity index (χ3v) is 3.65. The van der Waals surface area contributed by atoms with Gasteiger partial charge in [0.05, 0.1) is 12.5 Å². The lowest BCUT2D eigenvalue weighted by Gasteiger charge is -2.14. The summed E-state index contributed by atoms with van der Waals surface area (Å²) in [4.78, 5) is 14.4. The van der Waals surface area contributed by atoms with E-state index in [0.717, 1.165) is 10.6 Å². The maximum atomic E-state index is 11.7. The Kier molecular flexibility index (Phi) is 6.63. The number of nitriles is 1. The molecule has 0 atom stereocenters. The van der Waals surface area contributed by atoms with E-state index in [-0.39, 0.29) is 5.91 Å². The van der Waals surface area contributed by atoms with E-state index in [9.17, 15) is 4.79 Å². The molecule has 1 aromatic rings. The molecule has 0 N–H and O–H groups in total. The summed E-state index contributed by atoms with van der Waals surface area (Å²) in [7, 11) is 1.73. The number of thioether (sulfide) groups is 1. The van der Waals surface area contributed by atoms with Crippen LogP contribution in [0.25, 0.3) is 0 Å². The molecule has 0 fully saturated rings. The van der Waals surface area contributed by atoms with Crippen LogP contribution in [0.15, 0.2) is 29.2 Å². The number of carbonyl (C=O) groups is 1. The Hall–Kier alpha value is -1.18. The van der Waals surface area contributed by atoms with Crippen LogP contribution in [-0.2, 0) is 4.79 Å². The summed E-state index contributed by atoms with van der Waals surface area (Å²) in [6, 6.07) is 9.59. The molecule has 1 rings (SSSR count). The van der Waals surface area contributed by atoms with Gasteiger partial charge in [-0.15, -0.1) is 11.8 Å². The number of carbonyl (C=O) groups excluding carboxylic acids is 1. The van der Waals surface area contributed by atoms with E-state index in [1.165, 1.54) is 0 Å². The molecule has 0 saturated carbocycles. The number of halogens is 1. The van der Waals surface area contributed by atoms with Gasteiger partial charge in [-0.2, -0.15) is 5.26 Å². The second-order valence-electron chi connectivity index (χ2n) is 3.78. The van der Waals surface area contributed by atoms with Crippen LogP contribution in [0.5, 0.6) is 0 Å². The quantitative estimate of drug-likeness (QED) is 0.753. The average molecular weight is 283 g/mol. The van der Waals surface area contributed by atoms with Crippen molar-refractivity contribution >= 4 is 29.3 Å². The predicted octanol–water partition coefficient (Wildman–Crippen LogP) is 3.19. The highest BCUT2D eigenvalue weighted by Crippen LogP contribution is 2.21. The first-order chi connectivity index (χ1) is 8.63. The average Bonchev–Trinajstić information content (AvgIpc) is 2.38. The van der Waals surface area contributed by atoms with Gasteiger partial charge in [0.1, 0.15) is 0 Å². The van der Waals surface area contributed by atoms with E-state index >= 15 is 0 Å². The van der Waals surface area contributed by atoms with Crippen molar-refractivity contribution in [3.63, 3.8) is 0 Å². The van der Waals surface area contributed by atoms with Crippen molar-refractivity contribution < 1.29 is 4.79 Å². The molecule has 0 spiro atoms. The first-order valence-electron chi connectivity index (χ1n) is 5.63. The Balaban J connectivity index is 2.27. The van der Waals surface area contributed by atoms with Crippen molar-refractivity contribution in [2.75, 3.05) is 19.3 Å². The van der Waals surface area contributed by atoms with Crippen LogP contribution in [0.2, 0.25) is 5.02 Å². The molecule has 0 heterocycles. The third-order valence-electron chi connectivity index (χ3n) is 2.38. The summed E-state index contributed by atoms with van der Waals surface area (Å²) in [5, 5.41) is 9.16. The fourth-order valence-electron chi connectivity index (χ4n) is 1.32. The fourth-order valence-corrected chi connectivity index (χ4v) is 2.29. The molecule has 0 aliphatic heterocycles. The van der Waals surface area contributed by atoms with E-state index in [4.69, 9.17) is 16.9 Å². The van der Waals surface area contributed by atoms with E-state index in [1.807, 2.05) is 30.3 Å². The molecule has 0 bridgehead atoms. The first-order valence-corrected chi connectivity index (χ1v) is 6.99. The van der Waals surface area contributed by atoms with Gasteiger partial charge < -0.3 is 4.90 Å². The van der Waals surface area contributed by atoms with Crippen LogP contribution in [0, 0.1) is 11.3 Å². The highest BCUT2D eigenvalue weighted by atomic mass is 35.5. The summed E-state index contributed by atoms with van der Waals surface area (Å²) < 4.78 is 0. The minimum atomic E-state index is 0.0757. The number of amides is 1. The SMILES string of the molecule is CN(CCC#N)C(=O)CCSc1ccc(Cl)cc1. The Morgan fingerprint density at radius 2 is 2.11 bits per heavy atom. The van der Waals surface area contributed by atoms with Crippen molar-refractivity contribution in [3.8, 4) is 6.07 Å². The molecule has 1 aromatic carbocycles. The van der Waals surface area contributed by atoms with Crippen LogP contribution in [0.3, 0.4) is 0 Å². The van der Waals surface area contributed by atoms with Gasteiger partial charge in [-0.1, -0.05) is 11.6 Å². The van der Waals surface area contributed by atoms with Crippen molar-refractivity contribution in [2.24, 2.45) is 0 Å². The molecule has 5 heteroatoms. The van der Waals surface area contributed by atoms with Crippen LogP contribution in [-0.4, -0.2) is 30.2 Å². The second-order valence-corrected chi connectivity index (χ2v) is 5.38. The molecule has 0 aliphatic carbocycles. The molecule has 0 aromatic heterocycles. The molecular weight excluding hydrogens is 268 g/mol. The molecule has 0 saturated heterocycles. The lowest BCUT2D eigenvalue weighted by atomic mass is 10.3.